The van der Waals surface area contributed by atoms with Gasteiger partial charge in [0.1, 0.15) is 5.82 Å². The van der Waals surface area contributed by atoms with Gasteiger partial charge >= 0.3 is 5.69 Å². The summed E-state index contributed by atoms with van der Waals surface area (Å²) in [5.74, 6) is -1.84. The Bertz CT molecular complexity index is 632. The van der Waals surface area contributed by atoms with Gasteiger partial charge in [-0.15, -0.1) is 16.7 Å². The highest BCUT2D eigenvalue weighted by atomic mass is 35.5. The summed E-state index contributed by atoms with van der Waals surface area (Å²) >= 11 is 5.52. The van der Waals surface area contributed by atoms with Gasteiger partial charge < -0.3 is 0 Å². The number of nitro benzene ring substituents is 1. The molecule has 100 valence electrons. The fourth-order valence-electron chi connectivity index (χ4n) is 1.54. The van der Waals surface area contributed by atoms with Gasteiger partial charge in [0, 0.05) is 18.4 Å². The van der Waals surface area contributed by atoms with Gasteiger partial charge in [-0.2, -0.15) is 0 Å². The zero-order valence-electron chi connectivity index (χ0n) is 9.39. The fourth-order valence-corrected chi connectivity index (χ4v) is 1.73. The molecular weight excluding hydrogens is 282 g/mol. The number of halogens is 3. The van der Waals surface area contributed by atoms with Crippen LogP contribution in [0.5, 0.6) is 0 Å². The van der Waals surface area contributed by atoms with E-state index in [1.54, 1.807) is 0 Å². The molecule has 2 aromatic rings. The van der Waals surface area contributed by atoms with Gasteiger partial charge in [0.05, 0.1) is 22.9 Å². The molecule has 0 spiro atoms. The first-order valence-electron chi connectivity index (χ1n) is 5.14. The third kappa shape index (κ3) is 2.68. The third-order valence-corrected chi connectivity index (χ3v) is 2.51. The molecule has 0 fully saturated rings. The molecule has 1 heterocycles. The number of nitro groups is 1. The van der Waals surface area contributed by atoms with E-state index < -0.39 is 27.9 Å². The minimum Gasteiger partial charge on any atom is -0.258 e. The number of hydrogen-bond donors (Lipinski definition) is 0. The van der Waals surface area contributed by atoms with Crippen LogP contribution in [-0.4, -0.2) is 25.8 Å². The van der Waals surface area contributed by atoms with E-state index in [9.17, 15) is 18.9 Å². The number of aryl methyl sites for hydroxylation is 1. The van der Waals surface area contributed by atoms with Gasteiger partial charge in [-0.05, 0) is 0 Å². The summed E-state index contributed by atoms with van der Waals surface area (Å²) in [5.41, 5.74) is -0.729. The van der Waals surface area contributed by atoms with E-state index in [-0.39, 0.29) is 5.88 Å². The largest absolute Gasteiger partial charge is 0.300 e. The molecule has 0 amide bonds. The zero-order valence-corrected chi connectivity index (χ0v) is 10.1. The van der Waals surface area contributed by atoms with Crippen LogP contribution in [0.4, 0.5) is 14.5 Å². The van der Waals surface area contributed by atoms with Crippen LogP contribution in [0.3, 0.4) is 0 Å². The molecular formula is C10H7ClF2N4O2. The average Bonchev–Trinajstić information content (AvgIpc) is 2.76. The van der Waals surface area contributed by atoms with Crippen LogP contribution in [0, 0.1) is 21.7 Å². The molecule has 0 atom stereocenters. The highest BCUT2D eigenvalue weighted by molar-refractivity contribution is 6.17. The van der Waals surface area contributed by atoms with Gasteiger partial charge in [0.25, 0.3) is 0 Å². The van der Waals surface area contributed by atoms with Crippen molar-refractivity contribution in [3.8, 4) is 5.69 Å². The van der Waals surface area contributed by atoms with Crippen molar-refractivity contribution >= 4 is 17.3 Å². The van der Waals surface area contributed by atoms with Crippen molar-refractivity contribution in [1.29, 1.82) is 0 Å². The summed E-state index contributed by atoms with van der Waals surface area (Å²) in [6.07, 6.45) is 1.70. The molecule has 2 rings (SSSR count). The highest BCUT2D eigenvalue weighted by Crippen LogP contribution is 2.26. The Balaban J connectivity index is 2.56. The number of benzene rings is 1. The predicted octanol–water partition coefficient (Wildman–Crippen LogP) is 2.23. The lowest BCUT2D eigenvalue weighted by molar-refractivity contribution is -0.385. The van der Waals surface area contributed by atoms with E-state index in [1.165, 1.54) is 6.20 Å². The Morgan fingerprint density at radius 2 is 2.16 bits per heavy atom. The van der Waals surface area contributed by atoms with Gasteiger partial charge in [-0.25, -0.2) is 13.5 Å². The lowest BCUT2D eigenvalue weighted by Crippen LogP contribution is -2.05. The maximum atomic E-state index is 13.7. The van der Waals surface area contributed by atoms with Crippen LogP contribution in [0.25, 0.3) is 5.69 Å². The van der Waals surface area contributed by atoms with Crippen molar-refractivity contribution < 1.29 is 13.7 Å². The van der Waals surface area contributed by atoms with Crippen LogP contribution in [-0.2, 0) is 6.42 Å². The number of aromatic nitrogens is 3. The Morgan fingerprint density at radius 3 is 2.79 bits per heavy atom. The van der Waals surface area contributed by atoms with E-state index in [0.29, 0.717) is 24.2 Å². The fraction of sp³-hybridized carbons (Fsp3) is 0.200. The topological polar surface area (TPSA) is 73.8 Å². The van der Waals surface area contributed by atoms with E-state index in [4.69, 9.17) is 11.6 Å². The minimum absolute atomic E-state index is 0.284. The van der Waals surface area contributed by atoms with Gasteiger partial charge in [0.15, 0.2) is 11.5 Å². The highest BCUT2D eigenvalue weighted by Gasteiger charge is 2.23. The van der Waals surface area contributed by atoms with Crippen molar-refractivity contribution in [2.24, 2.45) is 0 Å². The van der Waals surface area contributed by atoms with E-state index in [1.807, 2.05) is 0 Å². The van der Waals surface area contributed by atoms with Crippen LogP contribution >= 0.6 is 11.6 Å². The molecule has 9 heteroatoms. The van der Waals surface area contributed by atoms with Gasteiger partial charge in [0.2, 0.25) is 0 Å². The lowest BCUT2D eigenvalue weighted by atomic mass is 10.2. The molecule has 0 saturated carbocycles. The quantitative estimate of drug-likeness (QED) is 0.491. The molecule has 0 radical (unpaired) electrons. The first kappa shape index (κ1) is 13.3. The van der Waals surface area contributed by atoms with Crippen LogP contribution < -0.4 is 0 Å². The van der Waals surface area contributed by atoms with E-state index in [0.717, 1.165) is 4.68 Å². The molecule has 0 aliphatic carbocycles. The van der Waals surface area contributed by atoms with Crippen molar-refractivity contribution in [1.82, 2.24) is 15.0 Å². The number of nitrogens with zero attached hydrogens (tertiary/aromatic N) is 4. The molecule has 6 nitrogen and oxygen atoms in total. The number of rotatable bonds is 4. The molecule has 0 aliphatic heterocycles. The molecule has 1 aromatic carbocycles. The second-order valence-electron chi connectivity index (χ2n) is 3.61. The van der Waals surface area contributed by atoms with Crippen molar-refractivity contribution in [2.45, 2.75) is 6.42 Å². The lowest BCUT2D eigenvalue weighted by Gasteiger charge is -2.03. The van der Waals surface area contributed by atoms with Gasteiger partial charge in [-0.1, -0.05) is 5.21 Å². The van der Waals surface area contributed by atoms with Gasteiger partial charge in [-0.3, -0.25) is 10.1 Å². The Labute approximate surface area is 110 Å². The normalized spacial score (nSPS) is 10.7. The maximum absolute atomic E-state index is 13.7. The molecule has 1 aromatic heterocycles. The molecule has 19 heavy (non-hydrogen) atoms. The summed E-state index contributed by atoms with van der Waals surface area (Å²) in [7, 11) is 0. The first-order chi connectivity index (χ1) is 9.02. The summed E-state index contributed by atoms with van der Waals surface area (Å²) < 4.78 is 27.6. The predicted molar refractivity (Wildman–Crippen MR) is 62.4 cm³/mol. The van der Waals surface area contributed by atoms with Crippen LogP contribution in [0.2, 0.25) is 0 Å². The van der Waals surface area contributed by atoms with E-state index >= 15 is 0 Å². The van der Waals surface area contributed by atoms with Crippen molar-refractivity contribution in [3.05, 3.63) is 45.8 Å². The zero-order chi connectivity index (χ0) is 14.0. The van der Waals surface area contributed by atoms with E-state index in [2.05, 4.69) is 10.3 Å². The molecule has 0 N–H and O–H groups in total. The first-order valence-corrected chi connectivity index (χ1v) is 5.67. The summed E-state index contributed by atoms with van der Waals surface area (Å²) in [5, 5.41) is 18.1. The maximum Gasteiger partial charge on any atom is 0.300 e. The average molecular weight is 289 g/mol. The Hall–Kier alpha value is -2.09. The second kappa shape index (κ2) is 5.27. The molecule has 0 saturated heterocycles. The van der Waals surface area contributed by atoms with Crippen molar-refractivity contribution in [2.75, 3.05) is 5.88 Å². The standard InChI is InChI=1S/C10H7ClF2N4O2/c11-2-1-7-5-16(15-14-7)10-8(13)3-6(12)4-9(10)17(18)19/h3-5H,1-2H2. The monoisotopic (exact) mass is 288 g/mol. The molecule has 0 unspecified atom stereocenters. The van der Waals surface area contributed by atoms with Crippen LogP contribution in [0.1, 0.15) is 5.69 Å². The molecule has 0 aliphatic rings. The molecule has 0 bridgehead atoms. The number of hydrogen-bond acceptors (Lipinski definition) is 4. The number of alkyl halides is 1. The SMILES string of the molecule is O=[N+]([O-])c1cc(F)cc(F)c1-n1cc(CCCl)nn1. The third-order valence-electron chi connectivity index (χ3n) is 2.33. The van der Waals surface area contributed by atoms with Crippen molar-refractivity contribution in [3.63, 3.8) is 0 Å². The summed E-state index contributed by atoms with van der Waals surface area (Å²) in [6.45, 7) is 0. The minimum atomic E-state index is -1.09. The second-order valence-corrected chi connectivity index (χ2v) is 3.98. The summed E-state index contributed by atoms with van der Waals surface area (Å²) in [6, 6.07) is 1.17. The smallest absolute Gasteiger partial charge is 0.258 e. The Morgan fingerprint density at radius 1 is 1.42 bits per heavy atom. The summed E-state index contributed by atoms with van der Waals surface area (Å²) in [4.78, 5) is 9.94. The van der Waals surface area contributed by atoms with Crippen LogP contribution in [0.15, 0.2) is 18.3 Å². The Kier molecular flexibility index (Phi) is 3.70.